The van der Waals surface area contributed by atoms with E-state index in [-0.39, 0.29) is 17.7 Å². The lowest BCUT2D eigenvalue weighted by Crippen LogP contribution is -2.41. The van der Waals surface area contributed by atoms with Crippen LogP contribution in [0.3, 0.4) is 0 Å². The fourth-order valence-corrected chi connectivity index (χ4v) is 4.24. The maximum absolute atomic E-state index is 14.8. The molecular weight excluding hydrogens is 532 g/mol. The van der Waals surface area contributed by atoms with Gasteiger partial charge in [-0.25, -0.2) is 14.2 Å². The van der Waals surface area contributed by atoms with Crippen LogP contribution in [0, 0.1) is 5.82 Å². The molecule has 1 heterocycles. The number of nitrogens with zero attached hydrogens (tertiary/aromatic N) is 3. The monoisotopic (exact) mass is 558 g/mol. The molecule has 0 saturated heterocycles. The highest BCUT2D eigenvalue weighted by atomic mass is 19.4. The van der Waals surface area contributed by atoms with Crippen LogP contribution in [-0.4, -0.2) is 55.4 Å². The SMILES string of the molecule is COc1ccc(C2=NN(C(=O)CN(C)C(=O)Nc3ccc(C(F)(F)F)cc3)[C@H](c3ccccc3F)C2)c(OC)c1. The smallest absolute Gasteiger partial charge is 0.416 e. The first kappa shape index (κ1) is 28.4. The Balaban J connectivity index is 1.55. The van der Waals surface area contributed by atoms with E-state index in [0.29, 0.717) is 22.8 Å². The second-order valence-corrected chi connectivity index (χ2v) is 8.95. The third-order valence-electron chi connectivity index (χ3n) is 6.33. The fraction of sp³-hybridized carbons (Fsp3) is 0.250. The van der Waals surface area contributed by atoms with E-state index in [9.17, 15) is 27.2 Å². The number of urea groups is 1. The Hall–Kier alpha value is -4.61. The highest BCUT2D eigenvalue weighted by Gasteiger charge is 2.36. The molecule has 4 rings (SSSR count). The van der Waals surface area contributed by atoms with Gasteiger partial charge in [0.05, 0.1) is 31.5 Å². The molecule has 3 aromatic rings. The molecule has 0 aromatic heterocycles. The minimum Gasteiger partial charge on any atom is -0.497 e. The number of methoxy groups -OCH3 is 2. The van der Waals surface area contributed by atoms with E-state index in [1.54, 1.807) is 30.3 Å². The van der Waals surface area contributed by atoms with Crippen molar-refractivity contribution in [3.05, 3.63) is 89.2 Å². The third kappa shape index (κ3) is 6.16. The van der Waals surface area contributed by atoms with Crippen LogP contribution in [0.4, 0.5) is 28.0 Å². The summed E-state index contributed by atoms with van der Waals surface area (Å²) in [5.74, 6) is -0.108. The van der Waals surface area contributed by atoms with Crippen LogP contribution in [-0.2, 0) is 11.0 Å². The summed E-state index contributed by atoms with van der Waals surface area (Å²) in [6.07, 6.45) is -4.33. The Morgan fingerprint density at radius 2 is 1.75 bits per heavy atom. The molecular formula is C28H26F4N4O4. The summed E-state index contributed by atoms with van der Waals surface area (Å²) < 4.78 is 64.0. The topological polar surface area (TPSA) is 83.5 Å². The van der Waals surface area contributed by atoms with Crippen molar-refractivity contribution in [3.63, 3.8) is 0 Å². The predicted octanol–water partition coefficient (Wildman–Crippen LogP) is 5.70. The fourth-order valence-electron chi connectivity index (χ4n) is 4.24. The second-order valence-electron chi connectivity index (χ2n) is 8.95. The lowest BCUT2D eigenvalue weighted by atomic mass is 9.97. The van der Waals surface area contributed by atoms with Crippen molar-refractivity contribution in [3.8, 4) is 11.5 Å². The zero-order valence-corrected chi connectivity index (χ0v) is 21.8. The number of carbonyl (C=O) groups is 2. The number of nitrogens with one attached hydrogen (secondary N) is 1. The van der Waals surface area contributed by atoms with Gasteiger partial charge in [-0.3, -0.25) is 4.79 Å². The van der Waals surface area contributed by atoms with Crippen molar-refractivity contribution in [2.45, 2.75) is 18.6 Å². The summed E-state index contributed by atoms with van der Waals surface area (Å²) in [7, 11) is 4.35. The molecule has 0 aliphatic carbocycles. The number of hydrogen-bond donors (Lipinski definition) is 1. The standard InChI is InChI=1S/C28H26F4N4O4/c1-35(27(38)33-18-10-8-17(9-11-18)28(30,31)32)16-26(37)36-24(20-6-4-5-7-22(20)29)15-23(34-36)21-13-12-19(39-2)14-25(21)40-3/h4-14,24H,15-16H2,1-3H3,(H,33,38)/t24-/m0/s1. The third-order valence-corrected chi connectivity index (χ3v) is 6.33. The van der Waals surface area contributed by atoms with Crippen LogP contribution >= 0.6 is 0 Å². The number of ether oxygens (including phenoxy) is 2. The molecule has 0 saturated carbocycles. The van der Waals surface area contributed by atoms with Crippen molar-refractivity contribution >= 4 is 23.3 Å². The minimum absolute atomic E-state index is 0.120. The highest BCUT2D eigenvalue weighted by molar-refractivity contribution is 6.05. The molecule has 3 amide bonds. The van der Waals surface area contributed by atoms with Crippen LogP contribution in [0.15, 0.2) is 71.8 Å². The maximum Gasteiger partial charge on any atom is 0.416 e. The molecule has 0 fully saturated rings. The first-order valence-corrected chi connectivity index (χ1v) is 12.1. The van der Waals surface area contributed by atoms with Gasteiger partial charge < -0.3 is 19.7 Å². The number of amides is 3. The number of rotatable bonds is 7. The van der Waals surface area contributed by atoms with Crippen LogP contribution in [0.1, 0.15) is 29.2 Å². The van der Waals surface area contributed by atoms with E-state index in [4.69, 9.17) is 9.47 Å². The van der Waals surface area contributed by atoms with Crippen LogP contribution in [0.2, 0.25) is 0 Å². The Morgan fingerprint density at radius 1 is 1.05 bits per heavy atom. The lowest BCUT2D eigenvalue weighted by Gasteiger charge is -2.25. The molecule has 40 heavy (non-hydrogen) atoms. The number of likely N-dealkylation sites (N-methyl/N-ethyl adjacent to an activating group) is 1. The summed E-state index contributed by atoms with van der Waals surface area (Å²) in [6, 6.07) is 13.5. The number of anilines is 1. The largest absolute Gasteiger partial charge is 0.497 e. The molecule has 1 aliphatic heterocycles. The molecule has 8 nitrogen and oxygen atoms in total. The Bertz CT molecular complexity index is 1430. The Labute approximate surface area is 227 Å². The van der Waals surface area contributed by atoms with Gasteiger partial charge in [-0.1, -0.05) is 18.2 Å². The molecule has 1 N–H and O–H groups in total. The Kier molecular flexibility index (Phi) is 8.26. The molecule has 1 aliphatic rings. The summed E-state index contributed by atoms with van der Waals surface area (Å²) in [6.45, 7) is -0.437. The molecule has 210 valence electrons. The predicted molar refractivity (Wildman–Crippen MR) is 140 cm³/mol. The minimum atomic E-state index is -4.51. The highest BCUT2D eigenvalue weighted by Crippen LogP contribution is 2.37. The normalized spacial score (nSPS) is 14.9. The summed E-state index contributed by atoms with van der Waals surface area (Å²) in [4.78, 5) is 27.1. The van der Waals surface area contributed by atoms with Crippen LogP contribution in [0.25, 0.3) is 0 Å². The van der Waals surface area contributed by atoms with E-state index in [0.717, 1.165) is 34.2 Å². The molecule has 0 unspecified atom stereocenters. The van der Waals surface area contributed by atoms with E-state index >= 15 is 0 Å². The number of hydrazone groups is 1. The van der Waals surface area contributed by atoms with Gasteiger partial charge in [0.25, 0.3) is 5.91 Å². The summed E-state index contributed by atoms with van der Waals surface area (Å²) in [5.41, 5.74) is 0.573. The number of alkyl halides is 3. The second kappa shape index (κ2) is 11.6. The molecule has 3 aromatic carbocycles. The van der Waals surface area contributed by atoms with Crippen LogP contribution < -0.4 is 14.8 Å². The average Bonchev–Trinajstić information content (AvgIpc) is 3.37. The van der Waals surface area contributed by atoms with Crippen molar-refractivity contribution in [2.75, 3.05) is 33.1 Å². The Morgan fingerprint density at radius 3 is 2.38 bits per heavy atom. The number of benzene rings is 3. The van der Waals surface area contributed by atoms with Gasteiger partial charge in [0, 0.05) is 36.3 Å². The van der Waals surface area contributed by atoms with E-state index in [1.807, 2.05) is 0 Å². The van der Waals surface area contributed by atoms with E-state index in [1.165, 1.54) is 33.4 Å². The van der Waals surface area contributed by atoms with Gasteiger partial charge in [0.1, 0.15) is 23.9 Å². The molecule has 12 heteroatoms. The zero-order valence-electron chi connectivity index (χ0n) is 21.8. The summed E-state index contributed by atoms with van der Waals surface area (Å²) in [5, 5.41) is 8.09. The lowest BCUT2D eigenvalue weighted by molar-refractivity contribution is -0.137. The summed E-state index contributed by atoms with van der Waals surface area (Å²) >= 11 is 0. The van der Waals surface area contributed by atoms with E-state index in [2.05, 4.69) is 10.4 Å². The molecule has 0 bridgehead atoms. The van der Waals surface area contributed by atoms with Crippen LogP contribution in [0.5, 0.6) is 11.5 Å². The number of hydrogen-bond acceptors (Lipinski definition) is 5. The van der Waals surface area contributed by atoms with Gasteiger partial charge in [-0.2, -0.15) is 18.3 Å². The molecule has 1 atom stereocenters. The van der Waals surface area contributed by atoms with Gasteiger partial charge in [0.2, 0.25) is 0 Å². The quantitative estimate of drug-likeness (QED) is 0.377. The van der Waals surface area contributed by atoms with Crippen molar-refractivity contribution in [1.82, 2.24) is 9.91 Å². The van der Waals surface area contributed by atoms with E-state index < -0.39 is 42.1 Å². The van der Waals surface area contributed by atoms with Crippen molar-refractivity contribution < 1.29 is 36.6 Å². The first-order chi connectivity index (χ1) is 19.0. The molecule has 0 spiro atoms. The van der Waals surface area contributed by atoms with Gasteiger partial charge in [-0.05, 0) is 42.5 Å². The first-order valence-electron chi connectivity index (χ1n) is 12.1. The molecule has 0 radical (unpaired) electrons. The van der Waals surface area contributed by atoms with Gasteiger partial charge >= 0.3 is 12.2 Å². The van der Waals surface area contributed by atoms with Gasteiger partial charge in [0.15, 0.2) is 0 Å². The maximum atomic E-state index is 14.8. The van der Waals surface area contributed by atoms with Crippen molar-refractivity contribution in [2.24, 2.45) is 5.10 Å². The zero-order chi connectivity index (χ0) is 29.0. The average molecular weight is 559 g/mol. The van der Waals surface area contributed by atoms with Crippen molar-refractivity contribution in [1.29, 1.82) is 0 Å². The number of carbonyl (C=O) groups excluding carboxylic acids is 2. The number of halogens is 4. The van der Waals surface area contributed by atoms with Gasteiger partial charge in [-0.15, -0.1) is 0 Å².